The Morgan fingerprint density at radius 2 is 1.53 bits per heavy atom. The molecule has 0 aliphatic carbocycles. The smallest absolute Gasteiger partial charge is 0.0996 e. The van der Waals surface area contributed by atoms with Gasteiger partial charge in [-0.05, 0) is 25.0 Å². The number of hydrogen-bond donors (Lipinski definition) is 0. The highest BCUT2D eigenvalue weighted by Gasteiger charge is 2.18. The molecule has 0 amide bonds. The number of hydrogen-bond acceptors (Lipinski definition) is 0. The van der Waals surface area contributed by atoms with Gasteiger partial charge in [0.15, 0.2) is 7.28 Å². The maximum Gasteiger partial charge on any atom is 0.193 e. The van der Waals surface area contributed by atoms with Gasteiger partial charge < -0.3 is 0 Å². The Bertz CT molecular complexity index is 390. The summed E-state index contributed by atoms with van der Waals surface area (Å²) in [5, 5.41) is 0. The Morgan fingerprint density at radius 1 is 0.867 bits per heavy atom. The van der Waals surface area contributed by atoms with E-state index in [4.69, 9.17) is 0 Å². The minimum Gasteiger partial charge on any atom is -0.0996 e. The summed E-state index contributed by atoms with van der Waals surface area (Å²) < 4.78 is 0. The van der Waals surface area contributed by atoms with E-state index in [0.717, 1.165) is 7.28 Å². The first-order valence-electron chi connectivity index (χ1n) is 5.25. The van der Waals surface area contributed by atoms with Crippen molar-refractivity contribution in [2.45, 2.75) is 13.8 Å². The van der Waals surface area contributed by atoms with Gasteiger partial charge in [0.1, 0.15) is 0 Å². The summed E-state index contributed by atoms with van der Waals surface area (Å²) in [6, 6.07) is 0. The maximum atomic E-state index is 3.87. The van der Waals surface area contributed by atoms with E-state index < -0.39 is 0 Å². The standard InChI is InChI=1S/C14H17B/c1-5-9-12-11(7-3)13(8-4)15-14(12)10-6-2/h5-10,15H,3-4H2,1-2H3/b9-5-,10-6-. The van der Waals surface area contributed by atoms with Gasteiger partial charge in [-0.1, -0.05) is 60.6 Å². The molecular formula is C14H17B. The van der Waals surface area contributed by atoms with Gasteiger partial charge in [0.2, 0.25) is 0 Å². The molecular weight excluding hydrogens is 179 g/mol. The third kappa shape index (κ3) is 2.30. The van der Waals surface area contributed by atoms with Crippen LogP contribution in [0, 0.1) is 0 Å². The molecule has 76 valence electrons. The number of rotatable bonds is 4. The Balaban J connectivity index is 3.24. The molecule has 0 bridgehead atoms. The first-order valence-corrected chi connectivity index (χ1v) is 5.25. The highest BCUT2D eigenvalue weighted by molar-refractivity contribution is 6.58. The molecule has 0 saturated heterocycles. The molecule has 0 fully saturated rings. The van der Waals surface area contributed by atoms with Gasteiger partial charge in [-0.15, -0.1) is 0 Å². The zero-order valence-electron chi connectivity index (χ0n) is 9.59. The molecule has 0 aromatic carbocycles. The van der Waals surface area contributed by atoms with Crippen LogP contribution in [0.3, 0.4) is 0 Å². The predicted molar refractivity (Wildman–Crippen MR) is 71.2 cm³/mol. The molecule has 1 aliphatic rings. The molecule has 1 rings (SSSR count). The Kier molecular flexibility index (Phi) is 4.17. The van der Waals surface area contributed by atoms with Crippen LogP contribution in [0.1, 0.15) is 13.8 Å². The third-order valence-electron chi connectivity index (χ3n) is 2.51. The zero-order chi connectivity index (χ0) is 11.3. The van der Waals surface area contributed by atoms with Crippen molar-refractivity contribution < 1.29 is 0 Å². The Morgan fingerprint density at radius 3 is 2.00 bits per heavy atom. The van der Waals surface area contributed by atoms with Gasteiger partial charge >= 0.3 is 0 Å². The SMILES string of the molecule is C=CC1=C(C=C)C(/C=C\C)=C(/C=C\C)B1. The highest BCUT2D eigenvalue weighted by atomic mass is 14.1. The molecule has 0 N–H and O–H groups in total. The molecule has 0 unspecified atom stereocenters. The van der Waals surface area contributed by atoms with E-state index in [-0.39, 0.29) is 0 Å². The summed E-state index contributed by atoms with van der Waals surface area (Å²) in [5.74, 6) is 0. The largest absolute Gasteiger partial charge is 0.193 e. The maximum absolute atomic E-state index is 3.87. The number of allylic oxidation sites excluding steroid dienone is 10. The van der Waals surface area contributed by atoms with Gasteiger partial charge in [0, 0.05) is 0 Å². The summed E-state index contributed by atoms with van der Waals surface area (Å²) in [7, 11) is 0.967. The van der Waals surface area contributed by atoms with Crippen molar-refractivity contribution >= 4 is 7.28 Å². The minimum atomic E-state index is 0.967. The van der Waals surface area contributed by atoms with Gasteiger partial charge in [-0.3, -0.25) is 0 Å². The predicted octanol–water partition coefficient (Wildman–Crippen LogP) is 3.47. The van der Waals surface area contributed by atoms with E-state index in [9.17, 15) is 0 Å². The normalized spacial score (nSPS) is 16.7. The van der Waals surface area contributed by atoms with Crippen LogP contribution in [0.25, 0.3) is 0 Å². The van der Waals surface area contributed by atoms with Crippen LogP contribution in [0.2, 0.25) is 0 Å². The van der Waals surface area contributed by atoms with Gasteiger partial charge in [0.05, 0.1) is 0 Å². The first kappa shape index (κ1) is 11.6. The van der Waals surface area contributed by atoms with Crippen molar-refractivity contribution in [1.82, 2.24) is 0 Å². The van der Waals surface area contributed by atoms with Crippen LogP contribution in [-0.4, -0.2) is 7.28 Å². The summed E-state index contributed by atoms with van der Waals surface area (Å²) in [5.41, 5.74) is 5.11. The van der Waals surface area contributed by atoms with Crippen molar-refractivity contribution in [2.75, 3.05) is 0 Å². The first-order chi connectivity index (χ1) is 7.28. The van der Waals surface area contributed by atoms with Crippen molar-refractivity contribution in [3.8, 4) is 0 Å². The summed E-state index contributed by atoms with van der Waals surface area (Å²) in [6.07, 6.45) is 12.3. The van der Waals surface area contributed by atoms with Gasteiger partial charge in [-0.2, -0.15) is 0 Å². The lowest BCUT2D eigenvalue weighted by atomic mass is 9.65. The van der Waals surface area contributed by atoms with E-state index >= 15 is 0 Å². The molecule has 0 aromatic rings. The van der Waals surface area contributed by atoms with Gasteiger partial charge in [-0.25, -0.2) is 0 Å². The fraction of sp³-hybridized carbons (Fsp3) is 0.143. The van der Waals surface area contributed by atoms with E-state index in [1.54, 1.807) is 0 Å². The van der Waals surface area contributed by atoms with Crippen LogP contribution in [0.15, 0.2) is 71.7 Å². The molecule has 0 radical (unpaired) electrons. The van der Waals surface area contributed by atoms with Crippen molar-refractivity contribution in [1.29, 1.82) is 0 Å². The van der Waals surface area contributed by atoms with Crippen LogP contribution in [-0.2, 0) is 0 Å². The van der Waals surface area contributed by atoms with Crippen LogP contribution >= 0.6 is 0 Å². The molecule has 0 nitrogen and oxygen atoms in total. The second-order valence-electron chi connectivity index (χ2n) is 3.46. The van der Waals surface area contributed by atoms with Crippen molar-refractivity contribution in [3.63, 3.8) is 0 Å². The molecule has 1 heterocycles. The monoisotopic (exact) mass is 196 g/mol. The van der Waals surface area contributed by atoms with Crippen LogP contribution in [0.4, 0.5) is 0 Å². The van der Waals surface area contributed by atoms with Crippen LogP contribution in [0.5, 0.6) is 0 Å². The third-order valence-corrected chi connectivity index (χ3v) is 2.51. The summed E-state index contributed by atoms with van der Waals surface area (Å²) >= 11 is 0. The lowest BCUT2D eigenvalue weighted by Gasteiger charge is -2.01. The Labute approximate surface area is 93.3 Å². The highest BCUT2D eigenvalue weighted by Crippen LogP contribution is 2.29. The average molecular weight is 196 g/mol. The van der Waals surface area contributed by atoms with E-state index in [0.29, 0.717) is 0 Å². The zero-order valence-corrected chi connectivity index (χ0v) is 9.59. The van der Waals surface area contributed by atoms with E-state index in [1.807, 2.05) is 26.0 Å². The molecule has 0 spiro atoms. The summed E-state index contributed by atoms with van der Waals surface area (Å²) in [4.78, 5) is 0. The van der Waals surface area contributed by atoms with E-state index in [1.165, 1.54) is 22.1 Å². The summed E-state index contributed by atoms with van der Waals surface area (Å²) in [6.45, 7) is 11.8. The lowest BCUT2D eigenvalue weighted by molar-refractivity contribution is 1.52. The fourth-order valence-corrected chi connectivity index (χ4v) is 1.88. The lowest BCUT2D eigenvalue weighted by Crippen LogP contribution is -1.91. The molecule has 1 heteroatoms. The fourth-order valence-electron chi connectivity index (χ4n) is 1.88. The second kappa shape index (κ2) is 5.40. The molecule has 0 atom stereocenters. The molecule has 1 aliphatic heterocycles. The second-order valence-corrected chi connectivity index (χ2v) is 3.46. The van der Waals surface area contributed by atoms with Crippen LogP contribution < -0.4 is 0 Å². The average Bonchev–Trinajstić information content (AvgIpc) is 2.57. The molecule has 0 saturated carbocycles. The Hall–Kier alpha value is -1.50. The van der Waals surface area contributed by atoms with Gasteiger partial charge in [0.25, 0.3) is 0 Å². The minimum absolute atomic E-state index is 0.967. The topological polar surface area (TPSA) is 0 Å². The quantitative estimate of drug-likeness (QED) is 0.604. The molecule has 15 heavy (non-hydrogen) atoms. The van der Waals surface area contributed by atoms with Crippen molar-refractivity contribution in [2.24, 2.45) is 0 Å². The van der Waals surface area contributed by atoms with E-state index in [2.05, 4.69) is 37.5 Å². The molecule has 0 aromatic heterocycles. The van der Waals surface area contributed by atoms with Crippen molar-refractivity contribution in [3.05, 3.63) is 71.7 Å².